The van der Waals surface area contributed by atoms with Crippen molar-refractivity contribution in [3.63, 3.8) is 0 Å². The summed E-state index contributed by atoms with van der Waals surface area (Å²) in [6.45, 7) is 4.42. The summed E-state index contributed by atoms with van der Waals surface area (Å²) in [6.07, 6.45) is 3.72. The molecule has 0 saturated carbocycles. The number of benzene rings is 5. The molecule has 690 valence electrons. The average Bonchev–Trinajstić information content (AvgIpc) is 3.74. The Labute approximate surface area is 705 Å². The van der Waals surface area contributed by atoms with E-state index in [1.54, 1.807) is 24.9 Å². The highest BCUT2D eigenvalue weighted by Gasteiger charge is 2.56. The molecule has 0 radical (unpaired) electrons. The molecular weight excluding hydrogens is 1350 g/mol. The Morgan fingerprint density at radius 2 is 0.670 bits per heavy atom. The molecule has 2 saturated heterocycles. The van der Waals surface area contributed by atoms with Crippen LogP contribution in [0.5, 0.6) is 0 Å². The van der Waals surface area contributed by atoms with Gasteiger partial charge in [-0.15, -0.1) is 0 Å². The topological polar surface area (TPSA) is 168 Å². The minimum absolute atomic E-state index is 0. The Bertz CT molecular complexity index is 2390. The standard InChI is InChI=1S/C23H24N2O4.C21H24N2O3.C9H10O.44CH4/c1-15-12-18-20(21(23(27)28)25(15)29)19(13-16-8-4-2-5-9-16)24(22(18)26)14-17-10-6-3-7-11-17;1-22-20(21(25)26)17-13-19(24)23(14-16-10-6-3-7-11-16)18(17)12-15-8-4-2-5-9-15;1-2-9(10)8-6-4-3-5-7-8;;;;;;;;;;;;;;;;;;;;;;;;;;;;;;;;;;;;;;;;;;;;/h2-12,18-21,29H,13-14H2,1H3,(H,27,28);2-11,17-18,20,22H,12-14H2,1H3,(H,25,26);3-7H,2H2,1H3;44*1H4/t18-,19-,20+,21-;17-,18+,20?;;;;;;;;;;;;;;;;;;;;;;;;;;;;;;;;;;;;;;;;;;;;;/m01............................................./s1. The number of hydroxylamine groups is 2. The summed E-state index contributed by atoms with van der Waals surface area (Å²) in [5.74, 6) is -3.27. The second-order valence-electron chi connectivity index (χ2n) is 16.6. The summed E-state index contributed by atoms with van der Waals surface area (Å²) in [5, 5.41) is 33.6. The summed E-state index contributed by atoms with van der Waals surface area (Å²) in [4.78, 5) is 64.5. The first-order valence-electron chi connectivity index (χ1n) is 22.0. The van der Waals surface area contributed by atoms with Crippen molar-refractivity contribution in [1.82, 2.24) is 20.2 Å². The number of aliphatic carboxylic acids is 2. The van der Waals surface area contributed by atoms with Crippen LogP contribution in [-0.4, -0.2) is 91.0 Å². The molecule has 3 heterocycles. The van der Waals surface area contributed by atoms with Gasteiger partial charge in [0.05, 0.1) is 5.92 Å². The maximum atomic E-state index is 13.4. The summed E-state index contributed by atoms with van der Waals surface area (Å²) >= 11 is 0. The monoisotopic (exact) mass is 1580 g/mol. The fourth-order valence-electron chi connectivity index (χ4n) is 9.28. The van der Waals surface area contributed by atoms with Crippen molar-refractivity contribution in [2.24, 2.45) is 17.8 Å². The number of ketones is 1. The van der Waals surface area contributed by atoms with Gasteiger partial charge >= 0.3 is 11.9 Å². The summed E-state index contributed by atoms with van der Waals surface area (Å²) in [7, 11) is 1.64. The number of allylic oxidation sites excluding steroid dienone is 1. The Hall–Kier alpha value is -6.89. The third kappa shape index (κ3) is 67.7. The minimum atomic E-state index is -1.16. The lowest BCUT2D eigenvalue weighted by atomic mass is 9.78. The summed E-state index contributed by atoms with van der Waals surface area (Å²) in [5.41, 5.74) is 5.39. The van der Waals surface area contributed by atoms with Crippen molar-refractivity contribution in [3.8, 4) is 0 Å². The third-order valence-corrected chi connectivity index (χ3v) is 12.5. The van der Waals surface area contributed by atoms with Crippen LogP contribution in [0.4, 0.5) is 0 Å². The van der Waals surface area contributed by atoms with Crippen LogP contribution in [0.3, 0.4) is 0 Å². The lowest BCUT2D eigenvalue weighted by Crippen LogP contribution is -2.52. The zero-order valence-electron chi connectivity index (χ0n) is 37.0. The first kappa shape index (κ1) is 262. The van der Waals surface area contributed by atoms with E-state index in [0.29, 0.717) is 38.0 Å². The van der Waals surface area contributed by atoms with Crippen molar-refractivity contribution >= 4 is 29.5 Å². The Morgan fingerprint density at radius 3 is 0.936 bits per heavy atom. The van der Waals surface area contributed by atoms with Crippen LogP contribution in [-0.2, 0) is 45.1 Å². The van der Waals surface area contributed by atoms with Gasteiger partial charge in [-0.1, -0.05) is 491 Å². The van der Waals surface area contributed by atoms with Gasteiger partial charge in [0.15, 0.2) is 11.8 Å². The second-order valence-corrected chi connectivity index (χ2v) is 16.6. The van der Waals surface area contributed by atoms with Crippen LogP contribution >= 0.6 is 0 Å². The number of hydrogen-bond donors (Lipinski definition) is 4. The van der Waals surface area contributed by atoms with Gasteiger partial charge in [-0.25, -0.2) is 9.86 Å². The average molecular weight is 1580 g/mol. The number of nitrogens with zero attached hydrogens (tertiary/aromatic N) is 3. The van der Waals surface area contributed by atoms with Crippen molar-refractivity contribution in [3.05, 3.63) is 191 Å². The molecule has 5 aromatic carbocycles. The highest BCUT2D eigenvalue weighted by Crippen LogP contribution is 2.43. The lowest BCUT2D eigenvalue weighted by Gasteiger charge is -2.38. The highest BCUT2D eigenvalue weighted by atomic mass is 16.5. The van der Waals surface area contributed by atoms with Gasteiger partial charge in [0.2, 0.25) is 11.8 Å². The Kier molecular flexibility index (Phi) is 307. The molecule has 8 rings (SSSR count). The van der Waals surface area contributed by atoms with E-state index >= 15 is 0 Å². The highest BCUT2D eigenvalue weighted by molar-refractivity contribution is 5.95. The van der Waals surface area contributed by atoms with Gasteiger partial charge in [-0.2, -0.15) is 0 Å². The Morgan fingerprint density at radius 1 is 0.404 bits per heavy atom. The number of Topliss-reactive ketones (excluding diaryl/α,β-unsaturated/α-hetero) is 1. The fraction of sp³-hybridized carbons (Fsp3) is 0.619. The van der Waals surface area contributed by atoms with Crippen LogP contribution < -0.4 is 5.32 Å². The van der Waals surface area contributed by atoms with Crippen LogP contribution in [0.15, 0.2) is 163 Å². The molecule has 2 amide bonds. The summed E-state index contributed by atoms with van der Waals surface area (Å²) < 4.78 is 0. The maximum Gasteiger partial charge on any atom is 0.329 e. The van der Waals surface area contributed by atoms with E-state index in [0.717, 1.165) is 32.9 Å². The number of nitrogens with one attached hydrogen (secondary N) is 1. The van der Waals surface area contributed by atoms with Crippen molar-refractivity contribution in [2.45, 2.75) is 404 Å². The first-order chi connectivity index (χ1) is 31.4. The predicted octanol–water partition coefficient (Wildman–Crippen LogP) is 35.5. The number of carbonyl (C=O) groups is 5. The van der Waals surface area contributed by atoms with Gasteiger partial charge in [0.1, 0.15) is 6.04 Å². The third-order valence-electron chi connectivity index (χ3n) is 12.5. The van der Waals surface area contributed by atoms with Crippen molar-refractivity contribution in [2.75, 3.05) is 7.05 Å². The number of carboxylic acids is 2. The van der Waals surface area contributed by atoms with Crippen LogP contribution in [0.1, 0.15) is 386 Å². The van der Waals surface area contributed by atoms with Crippen LogP contribution in [0.2, 0.25) is 0 Å². The quantitative estimate of drug-likeness (QED) is 0.0786. The molecule has 2 fully saturated rings. The summed E-state index contributed by atoms with van der Waals surface area (Å²) in [6, 6.07) is 46.2. The number of rotatable bonds is 14. The zero-order valence-corrected chi connectivity index (χ0v) is 37.0. The number of likely N-dealkylation sites (N-methyl/N-ethyl adjacent to an activating group) is 1. The molecule has 3 aliphatic rings. The van der Waals surface area contributed by atoms with E-state index in [-0.39, 0.29) is 369 Å². The molecule has 1 unspecified atom stereocenters. The lowest BCUT2D eigenvalue weighted by molar-refractivity contribution is -0.171. The van der Waals surface area contributed by atoms with E-state index in [4.69, 9.17) is 0 Å². The van der Waals surface area contributed by atoms with Crippen molar-refractivity contribution < 1.29 is 39.4 Å². The van der Waals surface area contributed by atoms with Gasteiger partial charge in [-0.05, 0) is 49.1 Å². The SMILES string of the molecule is C.C.C.C.C.C.C.C.C.C.C.C.C.C.C.C.C.C.C.C.C.C.C.C.C.C.C.C.C.C.C.C.C.C.C.C.C.C.C.C.C.C.C.C.CC1=C[C@@H]2C(=O)N(Cc3ccccc3)[C@@H](Cc3ccccc3)[C@@H]2[C@@H](C(=O)O)N1O.CCC(=O)c1ccccc1.CNC(C(=O)O)[C@@H]1CC(=O)N(Cc2ccccc2)[C@H]1Cc1ccccc1. The molecule has 0 bridgehead atoms. The van der Waals surface area contributed by atoms with E-state index < -0.39 is 35.9 Å². The second kappa shape index (κ2) is 128. The zero-order chi connectivity index (χ0) is 46.5. The molecule has 109 heavy (non-hydrogen) atoms. The van der Waals surface area contributed by atoms with E-state index in [9.17, 15) is 39.4 Å². The molecular formula is C97H234N4O8. The van der Waals surface area contributed by atoms with Crippen LogP contribution in [0, 0.1) is 17.8 Å². The first-order valence-corrected chi connectivity index (χ1v) is 22.0. The van der Waals surface area contributed by atoms with E-state index in [1.807, 2.05) is 163 Å². The number of fused-ring (bicyclic) bond motifs is 1. The molecule has 12 nitrogen and oxygen atoms in total. The van der Waals surface area contributed by atoms with Gasteiger partial charge in [-0.3, -0.25) is 24.4 Å². The number of carboxylic acid groups (broad SMARTS) is 2. The molecule has 5 aromatic rings. The van der Waals surface area contributed by atoms with E-state index in [2.05, 4.69) is 5.32 Å². The molecule has 7 atom stereocenters. The van der Waals surface area contributed by atoms with Gasteiger partial charge < -0.3 is 25.3 Å². The predicted molar refractivity (Wildman–Crippen MR) is 543 cm³/mol. The van der Waals surface area contributed by atoms with Crippen molar-refractivity contribution in [1.29, 1.82) is 0 Å². The minimum Gasteiger partial charge on any atom is -0.480 e. The van der Waals surface area contributed by atoms with Crippen LogP contribution in [0.25, 0.3) is 0 Å². The molecule has 0 aromatic heterocycles. The smallest absolute Gasteiger partial charge is 0.329 e. The number of likely N-dealkylation sites (tertiary alicyclic amines) is 2. The molecule has 0 spiro atoms. The molecule has 12 heteroatoms. The maximum absolute atomic E-state index is 13.4. The Balaban J connectivity index is -0.0000000159. The van der Waals surface area contributed by atoms with Gasteiger partial charge in [0, 0.05) is 61.1 Å². The number of carbonyl (C=O) groups excluding carboxylic acids is 3. The number of hydrogen-bond acceptors (Lipinski definition) is 8. The largest absolute Gasteiger partial charge is 0.480 e. The number of amides is 2. The molecule has 4 N–H and O–H groups in total. The van der Waals surface area contributed by atoms with Gasteiger partial charge in [0.25, 0.3) is 0 Å². The van der Waals surface area contributed by atoms with E-state index in [1.165, 1.54) is 0 Å². The molecule has 3 aliphatic heterocycles. The fourth-order valence-corrected chi connectivity index (χ4v) is 9.28. The molecule has 0 aliphatic carbocycles. The normalized spacial score (nSPS) is 12.8.